The van der Waals surface area contributed by atoms with Crippen LogP contribution in [-0.2, 0) is 11.3 Å². The highest BCUT2D eigenvalue weighted by Gasteiger charge is 2.35. The monoisotopic (exact) mass is 490 g/mol. The summed E-state index contributed by atoms with van der Waals surface area (Å²) < 4.78 is 0. The Hall–Kier alpha value is -2.81. The Bertz CT molecular complexity index is 1130. The fourth-order valence-corrected chi connectivity index (χ4v) is 4.53. The molecule has 32 heavy (non-hydrogen) atoms. The molecule has 1 fully saturated rings. The number of nitrogens with one attached hydrogen (secondary N) is 1. The summed E-state index contributed by atoms with van der Waals surface area (Å²) in [6.45, 7) is 1.40. The Morgan fingerprint density at radius 2 is 2.00 bits per heavy atom. The van der Waals surface area contributed by atoms with Crippen molar-refractivity contribution in [3.05, 3.63) is 74.7 Å². The number of thiophene rings is 1. The number of halogens is 2. The van der Waals surface area contributed by atoms with Gasteiger partial charge in [-0.15, -0.1) is 11.3 Å². The molecule has 0 bridgehead atoms. The minimum atomic E-state index is -0.629. The van der Waals surface area contributed by atoms with Crippen molar-refractivity contribution in [3.63, 3.8) is 0 Å². The van der Waals surface area contributed by atoms with Gasteiger partial charge in [0.15, 0.2) is 0 Å². The summed E-state index contributed by atoms with van der Waals surface area (Å²) in [7, 11) is 0. The molecule has 166 valence electrons. The average Bonchev–Trinajstić information content (AvgIpc) is 3.32. The number of benzene rings is 1. The summed E-state index contributed by atoms with van der Waals surface area (Å²) in [5, 5.41) is 15.4. The van der Waals surface area contributed by atoms with Crippen LogP contribution in [-0.4, -0.2) is 52.5 Å². The molecule has 2 amide bonds. The topological polar surface area (TPSA) is 85.8 Å². The van der Waals surface area contributed by atoms with Gasteiger partial charge in [-0.25, -0.2) is 0 Å². The van der Waals surface area contributed by atoms with E-state index in [0.717, 1.165) is 10.6 Å². The van der Waals surface area contributed by atoms with Gasteiger partial charge in [0.25, 0.3) is 5.91 Å². The predicted molar refractivity (Wildman–Crippen MR) is 126 cm³/mol. The minimum Gasteiger partial charge on any atom is -0.506 e. The van der Waals surface area contributed by atoms with E-state index in [4.69, 9.17) is 23.2 Å². The Balaban J connectivity index is 1.57. The van der Waals surface area contributed by atoms with Crippen LogP contribution < -0.4 is 10.2 Å². The van der Waals surface area contributed by atoms with Gasteiger partial charge < -0.3 is 20.2 Å². The first-order chi connectivity index (χ1) is 15.4. The molecule has 1 atom stereocenters. The van der Waals surface area contributed by atoms with Crippen molar-refractivity contribution in [2.75, 3.05) is 24.5 Å². The molecule has 2 N–H and O–H groups in total. The molecule has 7 nitrogen and oxygen atoms in total. The smallest absolute Gasteiger partial charge is 0.255 e. The van der Waals surface area contributed by atoms with E-state index in [1.807, 2.05) is 28.5 Å². The van der Waals surface area contributed by atoms with Crippen LogP contribution >= 0.6 is 34.5 Å². The van der Waals surface area contributed by atoms with Crippen molar-refractivity contribution in [2.45, 2.75) is 12.6 Å². The number of amides is 2. The first-order valence-corrected chi connectivity index (χ1v) is 11.5. The van der Waals surface area contributed by atoms with Gasteiger partial charge >= 0.3 is 0 Å². The molecule has 0 radical (unpaired) electrons. The van der Waals surface area contributed by atoms with Crippen molar-refractivity contribution < 1.29 is 14.7 Å². The number of carbonyl (C=O) groups excluding carboxylic acids is 2. The highest BCUT2D eigenvalue weighted by molar-refractivity contribution is 7.09. The van der Waals surface area contributed by atoms with Crippen molar-refractivity contribution in [3.8, 4) is 5.75 Å². The molecule has 2 aromatic heterocycles. The maximum absolute atomic E-state index is 13.2. The van der Waals surface area contributed by atoms with Gasteiger partial charge in [-0.3, -0.25) is 14.6 Å². The van der Waals surface area contributed by atoms with Gasteiger partial charge in [0.2, 0.25) is 5.91 Å². The Morgan fingerprint density at radius 3 is 2.72 bits per heavy atom. The zero-order valence-electron chi connectivity index (χ0n) is 16.9. The van der Waals surface area contributed by atoms with Crippen LogP contribution in [0.1, 0.15) is 15.2 Å². The van der Waals surface area contributed by atoms with Crippen molar-refractivity contribution >= 4 is 52.0 Å². The first kappa shape index (κ1) is 22.4. The lowest BCUT2D eigenvalue weighted by Crippen LogP contribution is -2.60. The van der Waals surface area contributed by atoms with Crippen LogP contribution in [0.25, 0.3) is 0 Å². The first-order valence-electron chi connectivity index (χ1n) is 9.87. The zero-order valence-corrected chi connectivity index (χ0v) is 19.2. The third-order valence-electron chi connectivity index (χ3n) is 5.19. The SMILES string of the molecule is O=C(NCc1cccs1)[C@@H]1CN(C(=O)c2cncc(O)c2)CCN1c1ccc(Cl)c(Cl)c1. The average molecular weight is 491 g/mol. The molecular formula is C22H20Cl2N4O3S. The number of hydrogen-bond donors (Lipinski definition) is 2. The van der Waals surface area contributed by atoms with Gasteiger partial charge in [-0.1, -0.05) is 29.3 Å². The number of pyridine rings is 1. The van der Waals surface area contributed by atoms with Gasteiger partial charge in [0.05, 0.1) is 34.9 Å². The van der Waals surface area contributed by atoms with Crippen LogP contribution in [0.15, 0.2) is 54.2 Å². The third-order valence-corrected chi connectivity index (χ3v) is 6.81. The third kappa shape index (κ3) is 4.98. The van der Waals surface area contributed by atoms with Gasteiger partial charge in [0, 0.05) is 29.9 Å². The maximum Gasteiger partial charge on any atom is 0.255 e. The van der Waals surface area contributed by atoms with E-state index in [9.17, 15) is 14.7 Å². The molecule has 0 spiro atoms. The molecule has 0 unspecified atom stereocenters. The van der Waals surface area contributed by atoms with E-state index in [2.05, 4.69) is 10.3 Å². The molecule has 3 heterocycles. The number of hydrogen-bond acceptors (Lipinski definition) is 6. The second-order valence-electron chi connectivity index (χ2n) is 7.29. The number of carbonyl (C=O) groups is 2. The summed E-state index contributed by atoms with van der Waals surface area (Å²) in [5.74, 6) is -0.579. The lowest BCUT2D eigenvalue weighted by molar-refractivity contribution is -0.123. The van der Waals surface area contributed by atoms with Crippen molar-refractivity contribution in [1.29, 1.82) is 0 Å². The molecule has 1 aliphatic rings. The standard InChI is InChI=1S/C22H20Cl2N4O3S/c23-18-4-3-15(9-19(18)24)28-6-5-27(22(31)14-8-16(29)11-25-10-14)13-20(28)21(30)26-12-17-2-1-7-32-17/h1-4,7-11,20,29H,5-6,12-13H2,(H,26,30)/t20-/m0/s1. The second kappa shape index (κ2) is 9.77. The summed E-state index contributed by atoms with van der Waals surface area (Å²) in [5.41, 5.74) is 1.02. The number of aromatic nitrogens is 1. The van der Waals surface area contributed by atoms with Gasteiger partial charge in [-0.05, 0) is 35.7 Å². The van der Waals surface area contributed by atoms with Gasteiger partial charge in [0.1, 0.15) is 11.8 Å². The summed E-state index contributed by atoms with van der Waals surface area (Å²) in [6, 6.07) is 9.84. The van der Waals surface area contributed by atoms with Gasteiger partial charge in [-0.2, -0.15) is 0 Å². The largest absolute Gasteiger partial charge is 0.506 e. The quantitative estimate of drug-likeness (QED) is 0.567. The number of rotatable bonds is 5. The fourth-order valence-electron chi connectivity index (χ4n) is 3.60. The maximum atomic E-state index is 13.2. The minimum absolute atomic E-state index is 0.0875. The molecule has 0 aliphatic carbocycles. The Kier molecular flexibility index (Phi) is 6.83. The van der Waals surface area contributed by atoms with Crippen molar-refractivity contribution in [2.24, 2.45) is 0 Å². The van der Waals surface area contributed by atoms with E-state index < -0.39 is 6.04 Å². The molecule has 1 aliphatic heterocycles. The number of aromatic hydroxyl groups is 1. The highest BCUT2D eigenvalue weighted by Crippen LogP contribution is 2.30. The molecule has 3 aromatic rings. The molecule has 10 heteroatoms. The number of piperazine rings is 1. The Morgan fingerprint density at radius 1 is 1.16 bits per heavy atom. The molecule has 0 saturated carbocycles. The van der Waals surface area contributed by atoms with Crippen LogP contribution in [0.4, 0.5) is 5.69 Å². The lowest BCUT2D eigenvalue weighted by atomic mass is 10.1. The van der Waals surface area contributed by atoms with Crippen LogP contribution in [0.3, 0.4) is 0 Å². The lowest BCUT2D eigenvalue weighted by Gasteiger charge is -2.42. The molecule has 1 aromatic carbocycles. The van der Waals surface area contributed by atoms with Crippen LogP contribution in [0, 0.1) is 0 Å². The van der Waals surface area contributed by atoms with E-state index in [-0.39, 0.29) is 29.7 Å². The van der Waals surface area contributed by atoms with E-state index >= 15 is 0 Å². The van der Waals surface area contributed by atoms with Crippen LogP contribution in [0.5, 0.6) is 5.75 Å². The predicted octanol–water partition coefficient (Wildman–Crippen LogP) is 3.80. The summed E-state index contributed by atoms with van der Waals surface area (Å²) >= 11 is 13.8. The Labute approximate surface area is 199 Å². The van der Waals surface area contributed by atoms with E-state index in [1.54, 1.807) is 28.4 Å². The highest BCUT2D eigenvalue weighted by atomic mass is 35.5. The van der Waals surface area contributed by atoms with E-state index in [1.165, 1.54) is 18.5 Å². The molecule has 4 rings (SSSR count). The fraction of sp³-hybridized carbons (Fsp3) is 0.227. The molecule has 1 saturated heterocycles. The number of nitrogens with zero attached hydrogens (tertiary/aromatic N) is 3. The summed E-state index contributed by atoms with van der Waals surface area (Å²) in [4.78, 5) is 34.6. The normalized spacial score (nSPS) is 16.1. The molecular weight excluding hydrogens is 471 g/mol. The van der Waals surface area contributed by atoms with Crippen molar-refractivity contribution in [1.82, 2.24) is 15.2 Å². The summed E-state index contributed by atoms with van der Waals surface area (Å²) in [6.07, 6.45) is 2.67. The second-order valence-corrected chi connectivity index (χ2v) is 9.13. The van der Waals surface area contributed by atoms with E-state index in [0.29, 0.717) is 29.7 Å². The number of anilines is 1. The van der Waals surface area contributed by atoms with Crippen LogP contribution in [0.2, 0.25) is 10.0 Å². The zero-order chi connectivity index (χ0) is 22.7.